The van der Waals surface area contributed by atoms with Gasteiger partial charge in [0.1, 0.15) is 0 Å². The van der Waals surface area contributed by atoms with Crippen molar-refractivity contribution in [3.05, 3.63) is 0 Å². The Bertz CT molecular complexity index is 199. The second-order valence-electron chi connectivity index (χ2n) is 5.25. The summed E-state index contributed by atoms with van der Waals surface area (Å²) in [6, 6.07) is 0.0425. The van der Waals surface area contributed by atoms with Crippen LogP contribution >= 0.6 is 0 Å². The lowest BCUT2D eigenvalue weighted by Crippen LogP contribution is -2.49. The lowest BCUT2D eigenvalue weighted by atomic mass is 9.85. The minimum absolute atomic E-state index is 0.0431. The highest BCUT2D eigenvalue weighted by Gasteiger charge is 2.25. The maximum absolute atomic E-state index is 11.6. The number of amides is 2. The van der Waals surface area contributed by atoms with Crippen molar-refractivity contribution >= 4 is 6.03 Å². The highest BCUT2D eigenvalue weighted by molar-refractivity contribution is 5.74. The van der Waals surface area contributed by atoms with Crippen molar-refractivity contribution < 1.29 is 4.79 Å². The molecule has 0 radical (unpaired) electrons. The standard InChI is InChI=1S/C12H27N3O/c1-5-6-9-14-11(16)15-10(7-8-13)12(2,3)4/h10H,5-9,13H2,1-4H3,(H2,14,15,16). The van der Waals surface area contributed by atoms with E-state index in [1.54, 1.807) is 0 Å². The van der Waals surface area contributed by atoms with Crippen LogP contribution in [0.3, 0.4) is 0 Å². The topological polar surface area (TPSA) is 67.2 Å². The smallest absolute Gasteiger partial charge is 0.315 e. The zero-order chi connectivity index (χ0) is 12.6. The van der Waals surface area contributed by atoms with Crippen LogP contribution in [0.5, 0.6) is 0 Å². The molecule has 0 aromatic rings. The summed E-state index contributed by atoms with van der Waals surface area (Å²) in [5.41, 5.74) is 5.59. The van der Waals surface area contributed by atoms with Gasteiger partial charge in [0.2, 0.25) is 0 Å². The molecule has 1 atom stereocenters. The molecule has 2 amide bonds. The third kappa shape index (κ3) is 6.67. The quantitative estimate of drug-likeness (QED) is 0.608. The van der Waals surface area contributed by atoms with Gasteiger partial charge in [0, 0.05) is 12.6 Å². The molecule has 0 saturated heterocycles. The summed E-state index contributed by atoms with van der Waals surface area (Å²) in [4.78, 5) is 11.6. The molecule has 0 aromatic carbocycles. The minimum atomic E-state index is -0.0816. The Balaban J connectivity index is 4.04. The molecule has 0 heterocycles. The van der Waals surface area contributed by atoms with E-state index < -0.39 is 0 Å². The van der Waals surface area contributed by atoms with Crippen molar-refractivity contribution in [1.29, 1.82) is 0 Å². The van der Waals surface area contributed by atoms with Crippen LogP contribution in [0.2, 0.25) is 0 Å². The Morgan fingerprint density at radius 2 is 2.00 bits per heavy atom. The van der Waals surface area contributed by atoms with E-state index in [2.05, 4.69) is 38.3 Å². The fraction of sp³-hybridized carbons (Fsp3) is 0.917. The van der Waals surface area contributed by atoms with Crippen molar-refractivity contribution in [2.24, 2.45) is 11.1 Å². The third-order valence-corrected chi connectivity index (χ3v) is 2.62. The number of carbonyl (C=O) groups is 1. The number of urea groups is 1. The SMILES string of the molecule is CCCCNC(=O)NC(CCN)C(C)(C)C. The molecule has 4 heteroatoms. The first-order chi connectivity index (χ1) is 7.41. The lowest BCUT2D eigenvalue weighted by Gasteiger charge is -2.31. The first-order valence-corrected chi connectivity index (χ1v) is 6.16. The zero-order valence-corrected chi connectivity index (χ0v) is 11.1. The highest BCUT2D eigenvalue weighted by atomic mass is 16.2. The fourth-order valence-corrected chi connectivity index (χ4v) is 1.48. The second-order valence-corrected chi connectivity index (χ2v) is 5.25. The number of nitrogens with one attached hydrogen (secondary N) is 2. The molecule has 0 fully saturated rings. The molecule has 4 nitrogen and oxygen atoms in total. The summed E-state index contributed by atoms with van der Waals surface area (Å²) in [7, 11) is 0. The van der Waals surface area contributed by atoms with E-state index in [1.165, 1.54) is 0 Å². The van der Waals surface area contributed by atoms with Gasteiger partial charge in [-0.2, -0.15) is 0 Å². The van der Waals surface area contributed by atoms with E-state index in [9.17, 15) is 4.79 Å². The van der Waals surface area contributed by atoms with Gasteiger partial charge in [-0.25, -0.2) is 4.79 Å². The lowest BCUT2D eigenvalue weighted by molar-refractivity contribution is 0.214. The van der Waals surface area contributed by atoms with Crippen LogP contribution < -0.4 is 16.4 Å². The summed E-state index contributed by atoms with van der Waals surface area (Å²) in [6.07, 6.45) is 2.92. The van der Waals surface area contributed by atoms with Crippen molar-refractivity contribution in [3.8, 4) is 0 Å². The van der Waals surface area contributed by atoms with Crippen molar-refractivity contribution in [2.75, 3.05) is 13.1 Å². The van der Waals surface area contributed by atoms with Gasteiger partial charge < -0.3 is 16.4 Å². The summed E-state index contributed by atoms with van der Waals surface area (Å²) in [5.74, 6) is 0. The summed E-state index contributed by atoms with van der Waals surface area (Å²) in [6.45, 7) is 9.77. The Morgan fingerprint density at radius 1 is 1.38 bits per heavy atom. The monoisotopic (exact) mass is 229 g/mol. The maximum atomic E-state index is 11.6. The first kappa shape index (κ1) is 15.2. The van der Waals surface area contributed by atoms with E-state index in [0.29, 0.717) is 6.54 Å². The Kier molecular flexibility index (Phi) is 7.13. The molecule has 0 aliphatic heterocycles. The van der Waals surface area contributed by atoms with Crippen LogP contribution in [-0.2, 0) is 0 Å². The number of carbonyl (C=O) groups excluding carboxylic acids is 1. The number of rotatable bonds is 6. The van der Waals surface area contributed by atoms with E-state index in [0.717, 1.165) is 25.8 Å². The van der Waals surface area contributed by atoms with Gasteiger partial charge in [-0.1, -0.05) is 34.1 Å². The molecule has 0 aromatic heterocycles. The first-order valence-electron chi connectivity index (χ1n) is 6.16. The average molecular weight is 229 g/mol. The van der Waals surface area contributed by atoms with Gasteiger partial charge in [-0.15, -0.1) is 0 Å². The van der Waals surface area contributed by atoms with Crippen molar-refractivity contribution in [3.63, 3.8) is 0 Å². The van der Waals surface area contributed by atoms with E-state index in [-0.39, 0.29) is 17.5 Å². The highest BCUT2D eigenvalue weighted by Crippen LogP contribution is 2.21. The normalized spacial score (nSPS) is 13.3. The predicted octanol–water partition coefficient (Wildman–Crippen LogP) is 1.85. The number of unbranched alkanes of at least 4 members (excludes halogenated alkanes) is 1. The molecule has 0 aliphatic rings. The van der Waals surface area contributed by atoms with Gasteiger partial charge in [0.15, 0.2) is 0 Å². The molecule has 4 N–H and O–H groups in total. The molecule has 0 bridgehead atoms. The van der Waals surface area contributed by atoms with E-state index in [4.69, 9.17) is 5.73 Å². The summed E-state index contributed by atoms with van der Waals surface area (Å²) < 4.78 is 0. The van der Waals surface area contributed by atoms with Crippen LogP contribution in [0.15, 0.2) is 0 Å². The third-order valence-electron chi connectivity index (χ3n) is 2.62. The number of nitrogens with two attached hydrogens (primary N) is 1. The van der Waals surface area contributed by atoms with Gasteiger partial charge in [-0.05, 0) is 24.8 Å². The summed E-state index contributed by atoms with van der Waals surface area (Å²) >= 11 is 0. The van der Waals surface area contributed by atoms with Crippen molar-refractivity contribution in [1.82, 2.24) is 10.6 Å². The van der Waals surface area contributed by atoms with E-state index in [1.807, 2.05) is 0 Å². The second kappa shape index (κ2) is 7.49. The summed E-state index contributed by atoms with van der Waals surface area (Å²) in [5, 5.41) is 5.84. The predicted molar refractivity (Wildman–Crippen MR) is 68.4 cm³/mol. The number of hydrogen-bond acceptors (Lipinski definition) is 2. The molecular formula is C12H27N3O. The molecule has 0 aliphatic carbocycles. The Labute approximate surface area is 99.4 Å². The molecule has 0 saturated carbocycles. The van der Waals surface area contributed by atoms with Gasteiger partial charge in [0.05, 0.1) is 0 Å². The number of hydrogen-bond donors (Lipinski definition) is 3. The molecule has 0 spiro atoms. The molecular weight excluding hydrogens is 202 g/mol. The Morgan fingerprint density at radius 3 is 2.44 bits per heavy atom. The zero-order valence-electron chi connectivity index (χ0n) is 11.1. The minimum Gasteiger partial charge on any atom is -0.338 e. The Hall–Kier alpha value is -0.770. The van der Waals surface area contributed by atoms with Gasteiger partial charge in [-0.3, -0.25) is 0 Å². The van der Waals surface area contributed by atoms with Crippen LogP contribution in [0.1, 0.15) is 47.0 Å². The van der Waals surface area contributed by atoms with E-state index >= 15 is 0 Å². The van der Waals surface area contributed by atoms with Gasteiger partial charge in [0.25, 0.3) is 0 Å². The maximum Gasteiger partial charge on any atom is 0.315 e. The average Bonchev–Trinajstić information content (AvgIpc) is 2.16. The van der Waals surface area contributed by atoms with Gasteiger partial charge >= 0.3 is 6.03 Å². The molecule has 1 unspecified atom stereocenters. The molecule has 96 valence electrons. The fourth-order valence-electron chi connectivity index (χ4n) is 1.48. The molecule has 16 heavy (non-hydrogen) atoms. The van der Waals surface area contributed by atoms with Crippen LogP contribution in [-0.4, -0.2) is 25.2 Å². The largest absolute Gasteiger partial charge is 0.338 e. The van der Waals surface area contributed by atoms with Crippen LogP contribution in [0.4, 0.5) is 4.79 Å². The van der Waals surface area contributed by atoms with Crippen LogP contribution in [0, 0.1) is 5.41 Å². The van der Waals surface area contributed by atoms with Crippen LogP contribution in [0.25, 0.3) is 0 Å². The molecule has 0 rings (SSSR count). The van der Waals surface area contributed by atoms with Crippen molar-refractivity contribution in [2.45, 2.75) is 53.0 Å².